The summed E-state index contributed by atoms with van der Waals surface area (Å²) in [4.78, 5) is 4.47. The second-order valence-corrected chi connectivity index (χ2v) is 12.9. The van der Waals surface area contributed by atoms with Gasteiger partial charge < -0.3 is 8.99 Å². The number of nitriles is 1. The van der Waals surface area contributed by atoms with Crippen molar-refractivity contribution in [3.05, 3.63) is 59.9 Å². The summed E-state index contributed by atoms with van der Waals surface area (Å²) in [6, 6.07) is 18.3. The fourth-order valence-corrected chi connectivity index (χ4v) is 3.65. The summed E-state index contributed by atoms with van der Waals surface area (Å²) < 4.78 is 8.40. The highest BCUT2D eigenvalue weighted by atomic mass is 28.4. The first kappa shape index (κ1) is 18.2. The maximum atomic E-state index is 9.50. The normalized spacial score (nSPS) is 12.2. The van der Waals surface area contributed by atoms with Crippen molar-refractivity contribution in [2.45, 2.75) is 45.4 Å². The number of nitrogens with zero attached hydrogens (tertiary/aromatic N) is 3. The summed E-state index contributed by atoms with van der Waals surface area (Å²) in [7, 11) is -1.92. The Morgan fingerprint density at radius 2 is 1.81 bits per heavy atom. The number of aromatic nitrogens is 2. The monoisotopic (exact) mass is 363 g/mol. The lowest BCUT2D eigenvalue weighted by molar-refractivity contribution is 0.492. The van der Waals surface area contributed by atoms with Gasteiger partial charge in [0.05, 0.1) is 17.6 Å². The third-order valence-corrected chi connectivity index (χ3v) is 9.54. The van der Waals surface area contributed by atoms with Gasteiger partial charge in [0.25, 0.3) is 0 Å². The average Bonchev–Trinajstić information content (AvgIpc) is 2.92. The van der Waals surface area contributed by atoms with E-state index < -0.39 is 8.32 Å². The van der Waals surface area contributed by atoms with Crippen molar-refractivity contribution >= 4 is 19.4 Å². The van der Waals surface area contributed by atoms with E-state index in [-0.39, 0.29) is 5.04 Å². The molecule has 0 amide bonds. The topological polar surface area (TPSA) is 50.8 Å². The molecule has 0 fully saturated rings. The summed E-state index contributed by atoms with van der Waals surface area (Å²) in [6.45, 7) is 11.8. The summed E-state index contributed by atoms with van der Waals surface area (Å²) in [6.07, 6.45) is 0. The number of fused-ring (bicyclic) bond motifs is 1. The molecule has 0 aliphatic heterocycles. The lowest BCUT2D eigenvalue weighted by Gasteiger charge is -2.36. The molecule has 5 heteroatoms. The highest BCUT2D eigenvalue weighted by Crippen LogP contribution is 2.38. The van der Waals surface area contributed by atoms with Crippen molar-refractivity contribution in [2.75, 3.05) is 0 Å². The van der Waals surface area contributed by atoms with Crippen LogP contribution < -0.4 is 4.43 Å². The van der Waals surface area contributed by atoms with Crippen LogP contribution in [0.5, 0.6) is 5.75 Å². The van der Waals surface area contributed by atoms with E-state index in [1.54, 1.807) is 0 Å². The first-order valence-electron chi connectivity index (χ1n) is 8.84. The second-order valence-electron chi connectivity index (χ2n) is 8.13. The zero-order valence-electron chi connectivity index (χ0n) is 16.1. The maximum absolute atomic E-state index is 9.50. The van der Waals surface area contributed by atoms with Gasteiger partial charge in [0.2, 0.25) is 14.1 Å². The van der Waals surface area contributed by atoms with Crippen molar-refractivity contribution in [2.24, 2.45) is 0 Å². The van der Waals surface area contributed by atoms with Crippen molar-refractivity contribution in [1.82, 2.24) is 9.55 Å². The number of imidazole rings is 1. The Kier molecular flexibility index (Phi) is 4.64. The zero-order chi connectivity index (χ0) is 18.9. The van der Waals surface area contributed by atoms with Crippen LogP contribution in [0.4, 0.5) is 0 Å². The molecule has 1 aromatic heterocycles. The van der Waals surface area contributed by atoms with E-state index in [2.05, 4.69) is 57.1 Å². The Morgan fingerprint density at radius 1 is 1.12 bits per heavy atom. The third-order valence-electron chi connectivity index (χ3n) is 5.18. The number of benzene rings is 2. The van der Waals surface area contributed by atoms with E-state index >= 15 is 0 Å². The average molecular weight is 364 g/mol. The molecule has 26 heavy (non-hydrogen) atoms. The lowest BCUT2D eigenvalue weighted by atomic mass is 10.2. The molecule has 134 valence electrons. The first-order valence-corrected chi connectivity index (χ1v) is 11.8. The molecular formula is C21H25N3OSi. The smallest absolute Gasteiger partial charge is 0.250 e. The first-order chi connectivity index (χ1) is 12.2. The van der Waals surface area contributed by atoms with Crippen LogP contribution in [0, 0.1) is 11.3 Å². The fraction of sp³-hybridized carbons (Fsp3) is 0.333. The molecule has 0 unspecified atom stereocenters. The van der Waals surface area contributed by atoms with Gasteiger partial charge >= 0.3 is 0 Å². The van der Waals surface area contributed by atoms with Gasteiger partial charge in [-0.3, -0.25) is 0 Å². The molecule has 0 bridgehead atoms. The van der Waals surface area contributed by atoms with Gasteiger partial charge in [0.1, 0.15) is 11.8 Å². The van der Waals surface area contributed by atoms with E-state index in [9.17, 15) is 5.26 Å². The third kappa shape index (κ3) is 3.51. The molecule has 0 saturated heterocycles. The molecule has 0 aliphatic rings. The summed E-state index contributed by atoms with van der Waals surface area (Å²) >= 11 is 0. The molecule has 2 aromatic carbocycles. The van der Waals surface area contributed by atoms with E-state index in [1.807, 2.05) is 41.0 Å². The SMILES string of the molecule is CC(C)(C)[Si](C)(C)Oc1ccc2nc(C#N)n(Cc3ccccc3)c2c1. The van der Waals surface area contributed by atoms with Gasteiger partial charge in [-0.05, 0) is 35.8 Å². The van der Waals surface area contributed by atoms with Gasteiger partial charge in [-0.25, -0.2) is 4.98 Å². The highest BCUT2D eigenvalue weighted by Gasteiger charge is 2.39. The van der Waals surface area contributed by atoms with E-state index in [0.29, 0.717) is 12.4 Å². The Hall–Kier alpha value is -2.58. The van der Waals surface area contributed by atoms with Crippen LogP contribution in [0.2, 0.25) is 18.1 Å². The van der Waals surface area contributed by atoms with E-state index in [4.69, 9.17) is 4.43 Å². The van der Waals surface area contributed by atoms with Crippen molar-refractivity contribution in [3.63, 3.8) is 0 Å². The molecule has 0 aliphatic carbocycles. The standard InChI is InChI=1S/C21H25N3OSi/c1-21(2,3)26(4,5)25-17-11-12-18-19(13-17)24(20(14-22)23-18)15-16-9-7-6-8-10-16/h6-13H,15H2,1-5H3. The van der Waals surface area contributed by atoms with Gasteiger partial charge in [-0.15, -0.1) is 0 Å². The predicted octanol–water partition coefficient (Wildman–Crippen LogP) is 5.34. The minimum Gasteiger partial charge on any atom is -0.543 e. The molecule has 0 N–H and O–H groups in total. The molecule has 1 heterocycles. The highest BCUT2D eigenvalue weighted by molar-refractivity contribution is 6.74. The molecule has 0 spiro atoms. The lowest BCUT2D eigenvalue weighted by Crippen LogP contribution is -2.43. The van der Waals surface area contributed by atoms with Crippen molar-refractivity contribution < 1.29 is 4.43 Å². The molecule has 0 saturated carbocycles. The molecular weight excluding hydrogens is 338 g/mol. The Morgan fingerprint density at radius 3 is 2.42 bits per heavy atom. The second kappa shape index (κ2) is 6.62. The molecule has 3 aromatic rings. The molecule has 3 rings (SSSR count). The van der Waals surface area contributed by atoms with Crippen LogP contribution in [-0.2, 0) is 6.54 Å². The van der Waals surface area contributed by atoms with Gasteiger partial charge in [-0.1, -0.05) is 51.1 Å². The van der Waals surface area contributed by atoms with E-state index in [1.165, 1.54) is 0 Å². The fourth-order valence-electron chi connectivity index (χ4n) is 2.63. The Labute approximate surface area is 156 Å². The largest absolute Gasteiger partial charge is 0.543 e. The maximum Gasteiger partial charge on any atom is 0.250 e. The molecule has 4 nitrogen and oxygen atoms in total. The van der Waals surface area contributed by atoms with Crippen LogP contribution in [-0.4, -0.2) is 17.9 Å². The van der Waals surface area contributed by atoms with Crippen LogP contribution in [0.15, 0.2) is 48.5 Å². The van der Waals surface area contributed by atoms with Gasteiger partial charge in [-0.2, -0.15) is 5.26 Å². The van der Waals surface area contributed by atoms with Crippen LogP contribution in [0.25, 0.3) is 11.0 Å². The quantitative estimate of drug-likeness (QED) is 0.588. The van der Waals surface area contributed by atoms with Crippen molar-refractivity contribution in [3.8, 4) is 11.8 Å². The number of rotatable bonds is 4. The number of hydrogen-bond donors (Lipinski definition) is 0. The van der Waals surface area contributed by atoms with Crippen LogP contribution in [0.3, 0.4) is 0 Å². The Balaban J connectivity index is 2.03. The summed E-state index contributed by atoms with van der Waals surface area (Å²) in [5.41, 5.74) is 2.89. The van der Waals surface area contributed by atoms with Crippen LogP contribution >= 0.6 is 0 Å². The number of hydrogen-bond acceptors (Lipinski definition) is 3. The minimum absolute atomic E-state index is 0.129. The van der Waals surface area contributed by atoms with Crippen molar-refractivity contribution in [1.29, 1.82) is 5.26 Å². The van der Waals surface area contributed by atoms with Gasteiger partial charge in [0, 0.05) is 6.07 Å². The zero-order valence-corrected chi connectivity index (χ0v) is 17.1. The Bertz CT molecular complexity index is 963. The van der Waals surface area contributed by atoms with Gasteiger partial charge in [0.15, 0.2) is 0 Å². The van der Waals surface area contributed by atoms with Crippen LogP contribution in [0.1, 0.15) is 32.2 Å². The molecule has 0 atom stereocenters. The summed E-state index contributed by atoms with van der Waals surface area (Å²) in [5.74, 6) is 1.27. The van der Waals surface area contributed by atoms with E-state index in [0.717, 1.165) is 22.3 Å². The molecule has 0 radical (unpaired) electrons. The summed E-state index contributed by atoms with van der Waals surface area (Å²) in [5, 5.41) is 9.63. The minimum atomic E-state index is -1.92. The predicted molar refractivity (Wildman–Crippen MR) is 108 cm³/mol.